The maximum Gasteiger partial charge on any atom is 0.0411 e. The highest BCUT2D eigenvalue weighted by Gasteiger charge is 1.96. The minimum Gasteiger partial charge on any atom is -0.330 e. The Morgan fingerprint density at radius 3 is 2.62 bits per heavy atom. The molecule has 0 atom stereocenters. The quantitative estimate of drug-likeness (QED) is 0.739. The molecular formula is C11H16ClN. The summed E-state index contributed by atoms with van der Waals surface area (Å²) in [6, 6.07) is 6.20. The summed E-state index contributed by atoms with van der Waals surface area (Å²) in [6.07, 6.45) is 3.32. The Labute approximate surface area is 84.9 Å². The molecule has 0 aliphatic rings. The van der Waals surface area contributed by atoms with Crippen LogP contribution in [-0.4, -0.2) is 6.54 Å². The highest BCUT2D eigenvalue weighted by Crippen LogP contribution is 2.16. The Morgan fingerprint density at radius 1 is 1.23 bits per heavy atom. The Morgan fingerprint density at radius 2 is 2.00 bits per heavy atom. The van der Waals surface area contributed by atoms with E-state index < -0.39 is 0 Å². The summed E-state index contributed by atoms with van der Waals surface area (Å²) in [7, 11) is 0. The summed E-state index contributed by atoms with van der Waals surface area (Å²) in [6.45, 7) is 2.85. The van der Waals surface area contributed by atoms with Gasteiger partial charge in [-0.1, -0.05) is 17.7 Å². The van der Waals surface area contributed by atoms with Crippen molar-refractivity contribution in [3.05, 3.63) is 34.3 Å². The normalized spacial score (nSPS) is 10.4. The zero-order chi connectivity index (χ0) is 9.68. The molecular weight excluding hydrogens is 182 g/mol. The second-order valence-electron chi connectivity index (χ2n) is 3.38. The molecule has 0 bridgehead atoms. The van der Waals surface area contributed by atoms with Crippen LogP contribution in [0, 0.1) is 6.92 Å². The molecule has 1 rings (SSSR count). The van der Waals surface area contributed by atoms with Gasteiger partial charge in [0, 0.05) is 5.02 Å². The van der Waals surface area contributed by atoms with Crippen molar-refractivity contribution in [2.75, 3.05) is 6.54 Å². The molecule has 0 aliphatic carbocycles. The van der Waals surface area contributed by atoms with Crippen LogP contribution in [-0.2, 0) is 6.42 Å². The molecule has 2 N–H and O–H groups in total. The van der Waals surface area contributed by atoms with Gasteiger partial charge in [-0.2, -0.15) is 0 Å². The van der Waals surface area contributed by atoms with E-state index in [1.54, 1.807) is 0 Å². The SMILES string of the molecule is Cc1cc(Cl)cc(CCCCN)c1. The summed E-state index contributed by atoms with van der Waals surface area (Å²) in [5.74, 6) is 0. The summed E-state index contributed by atoms with van der Waals surface area (Å²) in [5, 5.41) is 0.836. The van der Waals surface area contributed by atoms with Crippen LogP contribution in [0.15, 0.2) is 18.2 Å². The van der Waals surface area contributed by atoms with Crippen LogP contribution in [0.2, 0.25) is 5.02 Å². The molecule has 72 valence electrons. The van der Waals surface area contributed by atoms with Crippen molar-refractivity contribution in [3.8, 4) is 0 Å². The van der Waals surface area contributed by atoms with Crippen molar-refractivity contribution < 1.29 is 0 Å². The Bertz CT molecular complexity index is 251. The van der Waals surface area contributed by atoms with Crippen molar-refractivity contribution in [2.45, 2.75) is 26.2 Å². The lowest BCUT2D eigenvalue weighted by Gasteiger charge is -2.03. The van der Waals surface area contributed by atoms with Crippen molar-refractivity contribution in [1.29, 1.82) is 0 Å². The first-order valence-electron chi connectivity index (χ1n) is 4.68. The predicted molar refractivity (Wildman–Crippen MR) is 58.2 cm³/mol. The van der Waals surface area contributed by atoms with Gasteiger partial charge in [0.05, 0.1) is 0 Å². The first kappa shape index (κ1) is 10.6. The van der Waals surface area contributed by atoms with Crippen LogP contribution in [0.4, 0.5) is 0 Å². The number of rotatable bonds is 4. The van der Waals surface area contributed by atoms with Crippen molar-refractivity contribution in [1.82, 2.24) is 0 Å². The molecule has 1 aromatic rings. The fourth-order valence-corrected chi connectivity index (χ4v) is 1.74. The van der Waals surface area contributed by atoms with Gasteiger partial charge >= 0.3 is 0 Å². The second kappa shape index (κ2) is 5.25. The highest BCUT2D eigenvalue weighted by molar-refractivity contribution is 6.30. The Kier molecular flexibility index (Phi) is 4.26. The van der Waals surface area contributed by atoms with Gasteiger partial charge in [-0.25, -0.2) is 0 Å². The fraction of sp³-hybridized carbons (Fsp3) is 0.455. The third-order valence-corrected chi connectivity index (χ3v) is 2.24. The van der Waals surface area contributed by atoms with Gasteiger partial charge < -0.3 is 5.73 Å². The van der Waals surface area contributed by atoms with E-state index >= 15 is 0 Å². The number of aryl methyl sites for hydroxylation is 2. The summed E-state index contributed by atoms with van der Waals surface area (Å²) in [5.41, 5.74) is 7.98. The molecule has 1 aromatic carbocycles. The second-order valence-corrected chi connectivity index (χ2v) is 3.82. The minimum absolute atomic E-state index is 0.777. The maximum absolute atomic E-state index is 5.94. The Hall–Kier alpha value is -0.530. The first-order chi connectivity index (χ1) is 6.22. The summed E-state index contributed by atoms with van der Waals surface area (Å²) >= 11 is 5.94. The average Bonchev–Trinajstić information content (AvgIpc) is 2.03. The van der Waals surface area contributed by atoms with E-state index in [1.165, 1.54) is 11.1 Å². The lowest BCUT2D eigenvalue weighted by atomic mass is 10.1. The van der Waals surface area contributed by atoms with Gasteiger partial charge in [0.2, 0.25) is 0 Å². The van der Waals surface area contributed by atoms with Crippen LogP contribution in [0.5, 0.6) is 0 Å². The minimum atomic E-state index is 0.777. The molecule has 0 saturated heterocycles. The molecule has 0 spiro atoms. The molecule has 0 amide bonds. The van der Waals surface area contributed by atoms with Crippen LogP contribution in [0.1, 0.15) is 24.0 Å². The molecule has 1 nitrogen and oxygen atoms in total. The van der Waals surface area contributed by atoms with Gasteiger partial charge in [0.25, 0.3) is 0 Å². The average molecular weight is 198 g/mol. The monoisotopic (exact) mass is 197 g/mol. The van der Waals surface area contributed by atoms with E-state index in [-0.39, 0.29) is 0 Å². The molecule has 2 heteroatoms. The van der Waals surface area contributed by atoms with E-state index in [9.17, 15) is 0 Å². The topological polar surface area (TPSA) is 26.0 Å². The van der Waals surface area contributed by atoms with Crippen molar-refractivity contribution >= 4 is 11.6 Å². The highest BCUT2D eigenvalue weighted by atomic mass is 35.5. The lowest BCUT2D eigenvalue weighted by Crippen LogP contribution is -1.99. The van der Waals surface area contributed by atoms with Crippen molar-refractivity contribution in [3.63, 3.8) is 0 Å². The fourth-order valence-electron chi connectivity index (χ4n) is 1.43. The van der Waals surface area contributed by atoms with E-state index in [0.29, 0.717) is 0 Å². The number of unbranched alkanes of at least 4 members (excludes halogenated alkanes) is 1. The first-order valence-corrected chi connectivity index (χ1v) is 5.06. The van der Waals surface area contributed by atoms with E-state index in [1.807, 2.05) is 12.1 Å². The van der Waals surface area contributed by atoms with Gasteiger partial charge in [-0.15, -0.1) is 0 Å². The third kappa shape index (κ3) is 3.79. The molecule has 0 aromatic heterocycles. The smallest absolute Gasteiger partial charge is 0.0411 e. The van der Waals surface area contributed by atoms with Crippen LogP contribution >= 0.6 is 11.6 Å². The maximum atomic E-state index is 5.94. The Balaban J connectivity index is 2.56. The van der Waals surface area contributed by atoms with Crippen LogP contribution in [0.3, 0.4) is 0 Å². The molecule has 0 fully saturated rings. The number of benzene rings is 1. The van der Waals surface area contributed by atoms with Gasteiger partial charge in [-0.3, -0.25) is 0 Å². The largest absolute Gasteiger partial charge is 0.330 e. The van der Waals surface area contributed by atoms with E-state index in [2.05, 4.69) is 13.0 Å². The van der Waals surface area contributed by atoms with Gasteiger partial charge in [-0.05, 0) is 56.0 Å². The zero-order valence-corrected chi connectivity index (χ0v) is 8.77. The number of hydrogen-bond donors (Lipinski definition) is 1. The van der Waals surface area contributed by atoms with Crippen LogP contribution < -0.4 is 5.73 Å². The zero-order valence-electron chi connectivity index (χ0n) is 8.02. The summed E-state index contributed by atoms with van der Waals surface area (Å²) < 4.78 is 0. The molecule has 0 saturated carbocycles. The van der Waals surface area contributed by atoms with Gasteiger partial charge in [0.15, 0.2) is 0 Å². The number of halogens is 1. The summed E-state index contributed by atoms with van der Waals surface area (Å²) in [4.78, 5) is 0. The molecule has 0 unspecified atom stereocenters. The van der Waals surface area contributed by atoms with Crippen molar-refractivity contribution in [2.24, 2.45) is 5.73 Å². The predicted octanol–water partition coefficient (Wildman–Crippen LogP) is 2.93. The van der Waals surface area contributed by atoms with E-state index in [4.69, 9.17) is 17.3 Å². The molecule has 13 heavy (non-hydrogen) atoms. The molecule has 0 aliphatic heterocycles. The van der Waals surface area contributed by atoms with E-state index in [0.717, 1.165) is 30.8 Å². The molecule has 0 radical (unpaired) electrons. The number of hydrogen-bond acceptors (Lipinski definition) is 1. The van der Waals surface area contributed by atoms with Gasteiger partial charge in [0.1, 0.15) is 0 Å². The van der Waals surface area contributed by atoms with Crippen LogP contribution in [0.25, 0.3) is 0 Å². The third-order valence-electron chi connectivity index (χ3n) is 2.02. The standard InChI is InChI=1S/C11H16ClN/c1-9-6-10(4-2-3-5-13)8-11(12)7-9/h6-8H,2-5,13H2,1H3. The lowest BCUT2D eigenvalue weighted by molar-refractivity contribution is 0.744. The number of nitrogens with two attached hydrogens (primary N) is 1. The molecule has 0 heterocycles.